The molecule has 0 aromatic heterocycles. The van der Waals surface area contributed by atoms with Crippen LogP contribution in [-0.4, -0.2) is 47.0 Å². The third-order valence-electron chi connectivity index (χ3n) is 5.13. The summed E-state index contributed by atoms with van der Waals surface area (Å²) in [5.74, 6) is -2.92. The molecule has 0 atom stereocenters. The van der Waals surface area contributed by atoms with Crippen LogP contribution in [0.2, 0.25) is 0 Å². The van der Waals surface area contributed by atoms with Crippen LogP contribution in [0.1, 0.15) is 26.3 Å². The number of rotatable bonds is 8. The number of esters is 2. The van der Waals surface area contributed by atoms with Gasteiger partial charge < -0.3 is 14.8 Å². The van der Waals surface area contributed by atoms with E-state index in [0.717, 1.165) is 41.2 Å². The van der Waals surface area contributed by atoms with E-state index in [1.165, 1.54) is 37.4 Å². The van der Waals surface area contributed by atoms with Gasteiger partial charge >= 0.3 is 11.9 Å². The Kier molecular flexibility index (Phi) is 8.05. The van der Waals surface area contributed by atoms with Gasteiger partial charge in [-0.2, -0.15) is 0 Å². The molecule has 0 spiro atoms. The second-order valence-electron chi connectivity index (χ2n) is 7.59. The fourth-order valence-corrected chi connectivity index (χ4v) is 4.68. The van der Waals surface area contributed by atoms with Crippen LogP contribution in [0.15, 0.2) is 71.6 Å². The summed E-state index contributed by atoms with van der Waals surface area (Å²) in [7, 11) is -1.96. The van der Waals surface area contributed by atoms with E-state index in [4.69, 9.17) is 4.74 Å². The van der Waals surface area contributed by atoms with Crippen LogP contribution in [0, 0.1) is 12.7 Å². The minimum Gasteiger partial charge on any atom is -0.465 e. The Morgan fingerprint density at radius 3 is 2.08 bits per heavy atom. The van der Waals surface area contributed by atoms with E-state index in [9.17, 15) is 27.2 Å². The first-order valence-corrected chi connectivity index (χ1v) is 12.0. The highest BCUT2D eigenvalue weighted by atomic mass is 32.2. The SMILES string of the molecule is COC(=O)c1ccc(C(=O)OC)c(NC(=O)CN(c2ccc(C)cc2)S(=O)(=O)c2ccc(F)cc2)c1. The average molecular weight is 515 g/mol. The molecule has 11 heteroatoms. The van der Waals surface area contributed by atoms with E-state index >= 15 is 0 Å². The highest BCUT2D eigenvalue weighted by Crippen LogP contribution is 2.25. The summed E-state index contributed by atoms with van der Waals surface area (Å²) in [6.45, 7) is 1.13. The van der Waals surface area contributed by atoms with Crippen LogP contribution in [0.25, 0.3) is 0 Å². The predicted molar refractivity (Wildman–Crippen MR) is 130 cm³/mol. The van der Waals surface area contributed by atoms with Crippen molar-refractivity contribution in [2.24, 2.45) is 0 Å². The maximum atomic E-state index is 13.4. The number of methoxy groups -OCH3 is 2. The highest BCUT2D eigenvalue weighted by molar-refractivity contribution is 7.92. The number of halogens is 1. The lowest BCUT2D eigenvalue weighted by Gasteiger charge is -2.24. The molecule has 3 aromatic carbocycles. The molecule has 0 fully saturated rings. The number of carbonyl (C=O) groups is 3. The number of hydrogen-bond acceptors (Lipinski definition) is 7. The van der Waals surface area contributed by atoms with Gasteiger partial charge in [0, 0.05) is 0 Å². The molecule has 36 heavy (non-hydrogen) atoms. The largest absolute Gasteiger partial charge is 0.465 e. The molecule has 0 aliphatic rings. The van der Waals surface area contributed by atoms with Gasteiger partial charge in [-0.15, -0.1) is 0 Å². The van der Waals surface area contributed by atoms with Crippen LogP contribution in [0.4, 0.5) is 15.8 Å². The van der Waals surface area contributed by atoms with Crippen LogP contribution in [0.5, 0.6) is 0 Å². The summed E-state index contributed by atoms with van der Waals surface area (Å²) in [5.41, 5.74) is 0.982. The van der Waals surface area contributed by atoms with Gasteiger partial charge in [-0.05, 0) is 61.5 Å². The molecule has 0 saturated carbocycles. The van der Waals surface area contributed by atoms with Crippen molar-refractivity contribution in [1.29, 1.82) is 0 Å². The number of sulfonamides is 1. The number of hydrogen-bond donors (Lipinski definition) is 1. The quantitative estimate of drug-likeness (QED) is 0.457. The Morgan fingerprint density at radius 2 is 1.50 bits per heavy atom. The number of aryl methyl sites for hydroxylation is 1. The lowest BCUT2D eigenvalue weighted by atomic mass is 10.1. The third kappa shape index (κ3) is 5.87. The first-order valence-electron chi connectivity index (χ1n) is 10.5. The van der Waals surface area contributed by atoms with Crippen molar-refractivity contribution in [2.45, 2.75) is 11.8 Å². The van der Waals surface area contributed by atoms with Crippen molar-refractivity contribution in [3.05, 3.63) is 89.2 Å². The number of anilines is 2. The summed E-state index contributed by atoms with van der Waals surface area (Å²) < 4.78 is 50.5. The van der Waals surface area contributed by atoms with Gasteiger partial charge in [0.1, 0.15) is 12.4 Å². The van der Waals surface area contributed by atoms with E-state index in [0.29, 0.717) is 0 Å². The Bertz CT molecular complexity index is 1390. The van der Waals surface area contributed by atoms with Crippen molar-refractivity contribution in [2.75, 3.05) is 30.4 Å². The first kappa shape index (κ1) is 26.4. The van der Waals surface area contributed by atoms with Crippen LogP contribution >= 0.6 is 0 Å². The number of ether oxygens (including phenoxy) is 2. The van der Waals surface area contributed by atoms with Gasteiger partial charge in [0.2, 0.25) is 5.91 Å². The highest BCUT2D eigenvalue weighted by Gasteiger charge is 2.28. The topological polar surface area (TPSA) is 119 Å². The normalized spacial score (nSPS) is 10.9. The Hall–Kier alpha value is -4.25. The molecule has 1 N–H and O–H groups in total. The molecular formula is C25H23FN2O7S. The maximum Gasteiger partial charge on any atom is 0.339 e. The molecule has 0 aliphatic carbocycles. The van der Waals surface area contributed by atoms with Gasteiger partial charge in [-0.25, -0.2) is 22.4 Å². The molecule has 9 nitrogen and oxygen atoms in total. The summed E-state index contributed by atoms with van der Waals surface area (Å²) in [4.78, 5) is 37.0. The minimum absolute atomic E-state index is 0.0507. The molecule has 0 unspecified atom stereocenters. The van der Waals surface area contributed by atoms with Crippen LogP contribution in [0.3, 0.4) is 0 Å². The smallest absolute Gasteiger partial charge is 0.339 e. The number of nitrogens with one attached hydrogen (secondary N) is 1. The van der Waals surface area contributed by atoms with Crippen molar-refractivity contribution < 1.29 is 36.7 Å². The molecule has 1 amide bonds. The van der Waals surface area contributed by atoms with Gasteiger partial charge in [0.15, 0.2) is 0 Å². The third-order valence-corrected chi connectivity index (χ3v) is 6.92. The van der Waals surface area contributed by atoms with E-state index in [1.807, 2.05) is 6.92 Å². The Labute approximate surface area is 207 Å². The van der Waals surface area contributed by atoms with Crippen molar-refractivity contribution in [1.82, 2.24) is 0 Å². The molecule has 0 radical (unpaired) electrons. The summed E-state index contributed by atoms with van der Waals surface area (Å²) >= 11 is 0. The zero-order valence-corrected chi connectivity index (χ0v) is 20.5. The molecule has 3 aromatic rings. The molecule has 0 bridgehead atoms. The summed E-state index contributed by atoms with van der Waals surface area (Å²) in [6.07, 6.45) is 0. The summed E-state index contributed by atoms with van der Waals surface area (Å²) in [6, 6.07) is 14.4. The van der Waals surface area contributed by atoms with E-state index in [-0.39, 0.29) is 27.4 Å². The minimum atomic E-state index is -4.29. The Balaban J connectivity index is 2.00. The molecule has 0 aliphatic heterocycles. The molecule has 0 heterocycles. The molecule has 0 saturated heterocycles. The van der Waals surface area contributed by atoms with Crippen molar-refractivity contribution in [3.63, 3.8) is 0 Å². The second kappa shape index (κ2) is 11.0. The predicted octanol–water partition coefficient (Wildman–Crippen LogP) is 3.54. The number of carbonyl (C=O) groups excluding carboxylic acids is 3. The van der Waals surface area contributed by atoms with E-state index in [1.54, 1.807) is 12.1 Å². The maximum absolute atomic E-state index is 13.4. The fourth-order valence-electron chi connectivity index (χ4n) is 3.26. The summed E-state index contributed by atoms with van der Waals surface area (Å²) in [5, 5.41) is 2.48. The molecular weight excluding hydrogens is 491 g/mol. The first-order chi connectivity index (χ1) is 17.1. The fraction of sp³-hybridized carbons (Fsp3) is 0.160. The standard InChI is InChI=1S/C25H23FN2O7S/c1-16-4-9-19(10-5-16)28(36(32,33)20-11-7-18(26)8-12-20)15-23(29)27-22-14-17(24(30)34-2)6-13-21(22)25(31)35-3/h4-14H,15H2,1-3H3,(H,27,29). The zero-order valence-electron chi connectivity index (χ0n) is 19.6. The van der Waals surface area contributed by atoms with Gasteiger partial charge in [-0.1, -0.05) is 17.7 Å². The lowest BCUT2D eigenvalue weighted by Crippen LogP contribution is -2.38. The Morgan fingerprint density at radius 1 is 0.889 bits per heavy atom. The zero-order chi connectivity index (χ0) is 26.5. The van der Waals surface area contributed by atoms with E-state index < -0.39 is 40.2 Å². The second-order valence-corrected chi connectivity index (χ2v) is 9.46. The van der Waals surface area contributed by atoms with Crippen molar-refractivity contribution >= 4 is 39.2 Å². The van der Waals surface area contributed by atoms with Gasteiger partial charge in [0.05, 0.1) is 41.6 Å². The van der Waals surface area contributed by atoms with Gasteiger partial charge in [0.25, 0.3) is 10.0 Å². The molecule has 3 rings (SSSR count). The average Bonchev–Trinajstić information content (AvgIpc) is 2.87. The van der Waals surface area contributed by atoms with Gasteiger partial charge in [-0.3, -0.25) is 9.10 Å². The van der Waals surface area contributed by atoms with Crippen LogP contribution < -0.4 is 9.62 Å². The van der Waals surface area contributed by atoms with E-state index in [2.05, 4.69) is 10.1 Å². The van der Waals surface area contributed by atoms with Crippen molar-refractivity contribution in [3.8, 4) is 0 Å². The molecule has 188 valence electrons. The lowest BCUT2D eigenvalue weighted by molar-refractivity contribution is -0.114. The number of amides is 1. The van der Waals surface area contributed by atoms with Crippen LogP contribution in [-0.2, 0) is 24.3 Å². The number of benzene rings is 3. The monoisotopic (exact) mass is 514 g/mol. The number of nitrogens with zero attached hydrogens (tertiary/aromatic N) is 1.